The molecule has 0 saturated heterocycles. The fourth-order valence-electron chi connectivity index (χ4n) is 2.04. The topological polar surface area (TPSA) is 72.3 Å². The fraction of sp³-hybridized carbons (Fsp3) is 0.105. The lowest BCUT2D eigenvalue weighted by Gasteiger charge is -2.06. The molecule has 0 aliphatic heterocycles. The average Bonchev–Trinajstić information content (AvgIpc) is 2.61. The third kappa shape index (κ3) is 4.64. The average molecular weight is 322 g/mol. The highest BCUT2D eigenvalue weighted by molar-refractivity contribution is 5.89. The Morgan fingerprint density at radius 1 is 1.21 bits per heavy atom. The molecule has 0 amide bonds. The number of rotatable bonds is 8. The summed E-state index contributed by atoms with van der Waals surface area (Å²) in [5.41, 5.74) is 2.52. The van der Waals surface area contributed by atoms with Crippen molar-refractivity contribution in [2.24, 2.45) is 0 Å². The Morgan fingerprint density at radius 3 is 2.67 bits per heavy atom. The first-order valence-corrected chi connectivity index (χ1v) is 7.38. The minimum Gasteiger partial charge on any atom is -0.478 e. The summed E-state index contributed by atoms with van der Waals surface area (Å²) in [6.45, 7) is 7.83. The minimum atomic E-state index is -0.977. The van der Waals surface area contributed by atoms with E-state index in [1.54, 1.807) is 42.5 Å². The fourth-order valence-corrected chi connectivity index (χ4v) is 2.04. The number of benzene rings is 1. The van der Waals surface area contributed by atoms with Crippen LogP contribution in [0.5, 0.6) is 5.88 Å². The normalized spacial score (nSPS) is 10.9. The van der Waals surface area contributed by atoms with Gasteiger partial charge in [0.2, 0.25) is 5.88 Å². The number of carbonyl (C=O) groups is 1. The molecular weight excluding hydrogens is 304 g/mol. The molecule has 1 aromatic carbocycles. The minimum absolute atomic E-state index is 0.209. The molecular formula is C19H18N2O3. The number of nitrogens with zero attached hydrogens (tertiary/aromatic N) is 2. The maximum absolute atomic E-state index is 11.0. The number of allylic oxidation sites excluding steroid dienone is 3. The maximum atomic E-state index is 11.0. The van der Waals surface area contributed by atoms with Gasteiger partial charge in [0.25, 0.3) is 0 Å². The number of aromatic carboxylic acids is 1. The van der Waals surface area contributed by atoms with Crippen molar-refractivity contribution in [2.45, 2.75) is 6.42 Å². The first kappa shape index (κ1) is 17.1. The second-order valence-electron chi connectivity index (χ2n) is 4.92. The molecule has 0 fully saturated rings. The van der Waals surface area contributed by atoms with E-state index in [1.165, 1.54) is 6.07 Å². The van der Waals surface area contributed by atoms with Crippen LogP contribution in [0.4, 0.5) is 0 Å². The number of hydrogen-bond acceptors (Lipinski definition) is 4. The molecule has 0 unspecified atom stereocenters. The van der Waals surface area contributed by atoms with Gasteiger partial charge in [0.05, 0.1) is 17.9 Å². The van der Waals surface area contributed by atoms with Crippen LogP contribution in [0.3, 0.4) is 0 Å². The maximum Gasteiger partial charge on any atom is 0.335 e. The number of carboxylic acid groups (broad SMARTS) is 1. The standard InChI is InChI=1S/C19H18N2O3/c1-3-6-14(4-2)11-12-24-18-10-9-17(20-21-18)15-7-5-8-16(13-15)19(22)23/h3-10,13H,1-2,11-12H2,(H,22,23). The highest BCUT2D eigenvalue weighted by Gasteiger charge is 2.06. The summed E-state index contributed by atoms with van der Waals surface area (Å²) in [5.74, 6) is -0.564. The quantitative estimate of drug-likeness (QED) is 0.746. The number of carboxylic acids is 1. The van der Waals surface area contributed by atoms with Crippen molar-refractivity contribution in [1.82, 2.24) is 10.2 Å². The Labute approximate surface area is 140 Å². The van der Waals surface area contributed by atoms with Crippen molar-refractivity contribution in [2.75, 3.05) is 6.61 Å². The molecule has 122 valence electrons. The van der Waals surface area contributed by atoms with Crippen molar-refractivity contribution < 1.29 is 14.6 Å². The predicted octanol–water partition coefficient (Wildman–Crippen LogP) is 3.91. The van der Waals surface area contributed by atoms with E-state index in [9.17, 15) is 4.79 Å². The predicted molar refractivity (Wildman–Crippen MR) is 93.0 cm³/mol. The smallest absolute Gasteiger partial charge is 0.335 e. The lowest BCUT2D eigenvalue weighted by molar-refractivity contribution is 0.0697. The summed E-state index contributed by atoms with van der Waals surface area (Å²) < 4.78 is 5.55. The van der Waals surface area contributed by atoms with Crippen LogP contribution in [-0.4, -0.2) is 27.9 Å². The number of aromatic nitrogens is 2. The lowest BCUT2D eigenvalue weighted by atomic mass is 10.1. The molecule has 5 nitrogen and oxygen atoms in total. The first-order valence-electron chi connectivity index (χ1n) is 7.38. The molecule has 1 heterocycles. The Bertz CT molecular complexity index is 764. The molecule has 5 heteroatoms. The Hall–Kier alpha value is -3.21. The van der Waals surface area contributed by atoms with Crippen LogP contribution in [-0.2, 0) is 0 Å². The summed E-state index contributed by atoms with van der Waals surface area (Å²) in [6, 6.07) is 10.0. The van der Waals surface area contributed by atoms with Gasteiger partial charge in [0.15, 0.2) is 0 Å². The van der Waals surface area contributed by atoms with Crippen LogP contribution in [0.1, 0.15) is 16.8 Å². The molecule has 2 rings (SSSR count). The summed E-state index contributed by atoms with van der Waals surface area (Å²) >= 11 is 0. The monoisotopic (exact) mass is 322 g/mol. The van der Waals surface area contributed by atoms with Gasteiger partial charge in [-0.1, -0.05) is 43.5 Å². The van der Waals surface area contributed by atoms with Crippen molar-refractivity contribution in [3.63, 3.8) is 0 Å². The SMILES string of the molecule is C=CC=C(C=C)CCOc1ccc(-c2cccc(C(=O)O)c2)nn1. The second kappa shape index (κ2) is 8.43. The zero-order chi connectivity index (χ0) is 17.4. The largest absolute Gasteiger partial charge is 0.478 e. The first-order chi connectivity index (χ1) is 11.6. The van der Waals surface area contributed by atoms with Gasteiger partial charge >= 0.3 is 5.97 Å². The van der Waals surface area contributed by atoms with Gasteiger partial charge in [-0.25, -0.2) is 4.79 Å². The van der Waals surface area contributed by atoms with Gasteiger partial charge in [-0.3, -0.25) is 0 Å². The zero-order valence-corrected chi connectivity index (χ0v) is 13.2. The number of hydrogen-bond donors (Lipinski definition) is 1. The third-order valence-corrected chi connectivity index (χ3v) is 3.28. The molecule has 0 spiro atoms. The van der Waals surface area contributed by atoms with Crippen molar-refractivity contribution in [1.29, 1.82) is 0 Å². The summed E-state index contributed by atoms with van der Waals surface area (Å²) in [5, 5.41) is 17.1. The van der Waals surface area contributed by atoms with Crippen LogP contribution in [0.15, 0.2) is 73.4 Å². The van der Waals surface area contributed by atoms with Crippen LogP contribution in [0.2, 0.25) is 0 Å². The Kier molecular flexibility index (Phi) is 6.02. The Morgan fingerprint density at radius 2 is 2.04 bits per heavy atom. The van der Waals surface area contributed by atoms with E-state index in [-0.39, 0.29) is 5.56 Å². The van der Waals surface area contributed by atoms with Crippen LogP contribution < -0.4 is 4.74 Å². The second-order valence-corrected chi connectivity index (χ2v) is 4.92. The van der Waals surface area contributed by atoms with Crippen LogP contribution in [0, 0.1) is 0 Å². The van der Waals surface area contributed by atoms with Gasteiger partial charge in [-0.15, -0.1) is 10.2 Å². The highest BCUT2D eigenvalue weighted by Crippen LogP contribution is 2.19. The molecule has 0 radical (unpaired) electrons. The number of ether oxygens (including phenoxy) is 1. The molecule has 0 bridgehead atoms. The van der Waals surface area contributed by atoms with Crippen LogP contribution in [0.25, 0.3) is 11.3 Å². The van der Waals surface area contributed by atoms with E-state index >= 15 is 0 Å². The molecule has 2 aromatic rings. The van der Waals surface area contributed by atoms with E-state index in [2.05, 4.69) is 23.4 Å². The molecule has 0 atom stereocenters. The molecule has 0 aliphatic carbocycles. The third-order valence-electron chi connectivity index (χ3n) is 3.28. The van der Waals surface area contributed by atoms with Gasteiger partial charge in [0.1, 0.15) is 0 Å². The van der Waals surface area contributed by atoms with E-state index in [0.29, 0.717) is 30.2 Å². The molecule has 0 saturated carbocycles. The zero-order valence-electron chi connectivity index (χ0n) is 13.2. The summed E-state index contributed by atoms with van der Waals surface area (Å²) in [7, 11) is 0. The van der Waals surface area contributed by atoms with Crippen molar-refractivity contribution in [3.05, 3.63) is 78.9 Å². The van der Waals surface area contributed by atoms with Gasteiger partial charge in [0, 0.05) is 18.1 Å². The highest BCUT2D eigenvalue weighted by atomic mass is 16.5. The van der Waals surface area contributed by atoms with E-state index < -0.39 is 5.97 Å². The Balaban J connectivity index is 2.02. The van der Waals surface area contributed by atoms with Gasteiger partial charge in [-0.2, -0.15) is 0 Å². The summed E-state index contributed by atoms with van der Waals surface area (Å²) in [4.78, 5) is 11.0. The molecule has 0 aliphatic rings. The van der Waals surface area contributed by atoms with Crippen molar-refractivity contribution >= 4 is 5.97 Å². The van der Waals surface area contributed by atoms with E-state index in [0.717, 1.165) is 5.57 Å². The molecule has 1 aromatic heterocycles. The van der Waals surface area contributed by atoms with E-state index in [4.69, 9.17) is 9.84 Å². The van der Waals surface area contributed by atoms with E-state index in [1.807, 2.05) is 6.08 Å². The lowest BCUT2D eigenvalue weighted by Crippen LogP contribution is -2.01. The molecule has 1 N–H and O–H groups in total. The summed E-state index contributed by atoms with van der Waals surface area (Å²) in [6.07, 6.45) is 6.03. The molecule has 24 heavy (non-hydrogen) atoms. The van der Waals surface area contributed by atoms with Crippen molar-refractivity contribution in [3.8, 4) is 17.1 Å². The van der Waals surface area contributed by atoms with Crippen LogP contribution >= 0.6 is 0 Å². The van der Waals surface area contributed by atoms with Gasteiger partial charge in [-0.05, 0) is 23.8 Å². The van der Waals surface area contributed by atoms with Gasteiger partial charge < -0.3 is 9.84 Å².